The molecule has 0 spiro atoms. The van der Waals surface area contributed by atoms with Crippen LogP contribution < -0.4 is 14.4 Å². The van der Waals surface area contributed by atoms with E-state index in [4.69, 9.17) is 27.9 Å². The van der Waals surface area contributed by atoms with Crippen LogP contribution in [0.15, 0.2) is 42.5 Å². The van der Waals surface area contributed by atoms with Gasteiger partial charge in [0.2, 0.25) is 15.9 Å². The number of hydrogen-bond donors (Lipinski definition) is 1. The van der Waals surface area contributed by atoms with Crippen LogP contribution in [0.25, 0.3) is 0 Å². The normalized spacial score (nSPS) is 12.3. The first kappa shape index (κ1) is 22.3. The summed E-state index contributed by atoms with van der Waals surface area (Å²) >= 11 is 12.0. The van der Waals surface area contributed by atoms with E-state index in [9.17, 15) is 13.2 Å². The lowest BCUT2D eigenvalue weighted by atomic mass is 10.2. The van der Waals surface area contributed by atoms with Crippen LogP contribution in [0.3, 0.4) is 0 Å². The van der Waals surface area contributed by atoms with Gasteiger partial charge in [0.1, 0.15) is 11.8 Å². The number of halogens is 2. The molecule has 28 heavy (non-hydrogen) atoms. The summed E-state index contributed by atoms with van der Waals surface area (Å²) in [7, 11) is -3.76. The van der Waals surface area contributed by atoms with Crippen LogP contribution in [-0.2, 0) is 21.4 Å². The van der Waals surface area contributed by atoms with Crippen molar-refractivity contribution in [1.82, 2.24) is 5.32 Å². The number of ether oxygens (including phenoxy) is 1. The molecule has 9 heteroatoms. The number of amides is 1. The second kappa shape index (κ2) is 9.49. The lowest BCUT2D eigenvalue weighted by molar-refractivity contribution is -0.122. The van der Waals surface area contributed by atoms with E-state index in [-0.39, 0.29) is 22.3 Å². The van der Waals surface area contributed by atoms with Gasteiger partial charge in [-0.1, -0.05) is 35.3 Å². The van der Waals surface area contributed by atoms with Crippen molar-refractivity contribution in [3.8, 4) is 5.75 Å². The number of anilines is 1. The number of carbonyl (C=O) groups excluding carboxylic acids is 1. The predicted octanol–water partition coefficient (Wildman–Crippen LogP) is 3.86. The largest absolute Gasteiger partial charge is 0.494 e. The maximum absolute atomic E-state index is 12.6. The number of nitrogens with zero attached hydrogens (tertiary/aromatic N) is 1. The van der Waals surface area contributed by atoms with Crippen molar-refractivity contribution < 1.29 is 17.9 Å². The number of hydrogen-bond acceptors (Lipinski definition) is 4. The first-order valence-electron chi connectivity index (χ1n) is 8.56. The molecular weight excluding hydrogens is 423 g/mol. The highest BCUT2D eigenvalue weighted by Gasteiger charge is 2.29. The van der Waals surface area contributed by atoms with Crippen molar-refractivity contribution in [2.75, 3.05) is 17.2 Å². The highest BCUT2D eigenvalue weighted by molar-refractivity contribution is 7.92. The molecule has 0 saturated carbocycles. The molecule has 0 aliphatic rings. The Morgan fingerprint density at radius 3 is 2.39 bits per heavy atom. The second-order valence-corrected chi connectivity index (χ2v) is 8.89. The van der Waals surface area contributed by atoms with Gasteiger partial charge in [0, 0.05) is 16.6 Å². The molecule has 0 saturated heterocycles. The summed E-state index contributed by atoms with van der Waals surface area (Å²) < 4.78 is 31.1. The van der Waals surface area contributed by atoms with Gasteiger partial charge in [-0.05, 0) is 49.7 Å². The Hall–Kier alpha value is -1.96. The highest BCUT2D eigenvalue weighted by Crippen LogP contribution is 2.28. The Balaban J connectivity index is 2.19. The van der Waals surface area contributed by atoms with E-state index in [1.54, 1.807) is 0 Å². The van der Waals surface area contributed by atoms with E-state index < -0.39 is 22.0 Å². The first-order valence-corrected chi connectivity index (χ1v) is 11.2. The molecular formula is C19H22Cl2N2O4S. The van der Waals surface area contributed by atoms with E-state index in [0.717, 1.165) is 16.1 Å². The third-order valence-electron chi connectivity index (χ3n) is 3.87. The van der Waals surface area contributed by atoms with Gasteiger partial charge in [0.25, 0.3) is 0 Å². The van der Waals surface area contributed by atoms with E-state index in [1.165, 1.54) is 25.1 Å². The molecule has 1 N–H and O–H groups in total. The van der Waals surface area contributed by atoms with Crippen LogP contribution in [-0.4, -0.2) is 33.2 Å². The molecule has 2 rings (SSSR count). The number of nitrogens with one attached hydrogen (secondary N) is 1. The van der Waals surface area contributed by atoms with Crippen molar-refractivity contribution in [3.05, 3.63) is 58.1 Å². The average Bonchev–Trinajstić information content (AvgIpc) is 2.58. The topological polar surface area (TPSA) is 75.7 Å². The number of rotatable bonds is 8. The lowest BCUT2D eigenvalue weighted by Gasteiger charge is -2.28. The summed E-state index contributed by atoms with van der Waals surface area (Å²) in [6.45, 7) is 4.16. The van der Waals surface area contributed by atoms with Crippen LogP contribution in [0.4, 0.5) is 5.69 Å². The Bertz CT molecular complexity index is 930. The summed E-state index contributed by atoms with van der Waals surface area (Å²) in [4.78, 5) is 12.6. The molecule has 2 aromatic rings. The molecule has 0 bridgehead atoms. The van der Waals surface area contributed by atoms with E-state index >= 15 is 0 Å². The molecule has 0 fully saturated rings. The standard InChI is InChI=1S/C19H22Cl2N2O4S/c1-4-27-18-7-5-6-14(8-18)12-22-19(24)13(2)23(28(3,25)26)17-10-15(20)9-16(21)11-17/h5-11,13H,4,12H2,1-3H3,(H,22,24). The minimum atomic E-state index is -3.76. The fourth-order valence-corrected chi connectivity index (χ4v) is 4.40. The smallest absolute Gasteiger partial charge is 0.243 e. The molecule has 0 aliphatic carbocycles. The zero-order valence-electron chi connectivity index (χ0n) is 15.8. The molecule has 1 unspecified atom stereocenters. The fourth-order valence-electron chi connectivity index (χ4n) is 2.72. The molecule has 152 valence electrons. The van der Waals surface area contributed by atoms with Gasteiger partial charge in [-0.3, -0.25) is 9.10 Å². The lowest BCUT2D eigenvalue weighted by Crippen LogP contribution is -2.47. The van der Waals surface area contributed by atoms with E-state index in [2.05, 4.69) is 5.32 Å². The summed E-state index contributed by atoms with van der Waals surface area (Å²) in [5, 5.41) is 3.30. The predicted molar refractivity (Wildman–Crippen MR) is 113 cm³/mol. The van der Waals surface area contributed by atoms with Gasteiger partial charge >= 0.3 is 0 Å². The second-order valence-electron chi connectivity index (χ2n) is 6.16. The monoisotopic (exact) mass is 444 g/mol. The van der Waals surface area contributed by atoms with E-state index in [1.807, 2.05) is 31.2 Å². The van der Waals surface area contributed by atoms with Crippen LogP contribution in [0, 0.1) is 0 Å². The summed E-state index contributed by atoms with van der Waals surface area (Å²) in [5.74, 6) is 0.247. The van der Waals surface area contributed by atoms with Crippen LogP contribution in [0.2, 0.25) is 10.0 Å². The van der Waals surface area contributed by atoms with Crippen molar-refractivity contribution in [2.45, 2.75) is 26.4 Å². The molecule has 0 radical (unpaired) electrons. The van der Waals surface area contributed by atoms with Crippen LogP contribution in [0.1, 0.15) is 19.4 Å². The van der Waals surface area contributed by atoms with Crippen molar-refractivity contribution in [2.24, 2.45) is 0 Å². The van der Waals surface area contributed by atoms with Crippen molar-refractivity contribution >= 4 is 44.8 Å². The number of sulfonamides is 1. The highest BCUT2D eigenvalue weighted by atomic mass is 35.5. The van der Waals surface area contributed by atoms with Crippen LogP contribution >= 0.6 is 23.2 Å². The van der Waals surface area contributed by atoms with Gasteiger partial charge in [-0.25, -0.2) is 8.42 Å². The maximum Gasteiger partial charge on any atom is 0.243 e. The molecule has 6 nitrogen and oxygen atoms in total. The third-order valence-corrected chi connectivity index (χ3v) is 5.54. The first-order chi connectivity index (χ1) is 13.1. The zero-order valence-corrected chi connectivity index (χ0v) is 18.1. The minimum absolute atomic E-state index is 0.223. The SMILES string of the molecule is CCOc1cccc(CNC(=O)C(C)N(c2cc(Cl)cc(Cl)c2)S(C)(=O)=O)c1. The summed E-state index contributed by atoms with van der Waals surface area (Å²) in [6, 6.07) is 10.7. The molecule has 0 aliphatic heterocycles. The molecule has 1 amide bonds. The maximum atomic E-state index is 12.6. The molecule has 2 aromatic carbocycles. The van der Waals surface area contributed by atoms with E-state index in [0.29, 0.717) is 12.4 Å². The Morgan fingerprint density at radius 2 is 1.82 bits per heavy atom. The summed E-state index contributed by atoms with van der Waals surface area (Å²) in [5.41, 5.74) is 1.06. The quantitative estimate of drug-likeness (QED) is 0.670. The van der Waals surface area contributed by atoms with Gasteiger partial charge in [-0.15, -0.1) is 0 Å². The molecule has 0 aromatic heterocycles. The minimum Gasteiger partial charge on any atom is -0.494 e. The Kier molecular flexibility index (Phi) is 7.57. The average molecular weight is 445 g/mol. The van der Waals surface area contributed by atoms with Crippen molar-refractivity contribution in [1.29, 1.82) is 0 Å². The van der Waals surface area contributed by atoms with Gasteiger partial charge in [0.05, 0.1) is 18.6 Å². The zero-order chi connectivity index (χ0) is 20.9. The van der Waals surface area contributed by atoms with Gasteiger partial charge in [0.15, 0.2) is 0 Å². The summed E-state index contributed by atoms with van der Waals surface area (Å²) in [6.07, 6.45) is 1.02. The third kappa shape index (κ3) is 6.02. The van der Waals surface area contributed by atoms with Crippen LogP contribution in [0.5, 0.6) is 5.75 Å². The van der Waals surface area contributed by atoms with Gasteiger partial charge in [-0.2, -0.15) is 0 Å². The Morgan fingerprint density at radius 1 is 1.18 bits per heavy atom. The molecule has 1 atom stereocenters. The number of benzene rings is 2. The Labute approximate surface area is 175 Å². The molecule has 0 heterocycles. The number of carbonyl (C=O) groups is 1. The van der Waals surface area contributed by atoms with Crippen molar-refractivity contribution in [3.63, 3.8) is 0 Å². The fraction of sp³-hybridized carbons (Fsp3) is 0.316. The van der Waals surface area contributed by atoms with Gasteiger partial charge < -0.3 is 10.1 Å².